The number of fused-ring (bicyclic) bond motifs is 3. The first-order valence-electron chi connectivity index (χ1n) is 9.81. The highest BCUT2D eigenvalue weighted by Gasteiger charge is 2.27. The number of anilines is 2. The quantitative estimate of drug-likeness (QED) is 0.465. The molecule has 0 unspecified atom stereocenters. The number of rotatable bonds is 3. The van der Waals surface area contributed by atoms with Gasteiger partial charge in [-0.05, 0) is 36.2 Å². The molecule has 30 heavy (non-hydrogen) atoms. The van der Waals surface area contributed by atoms with Gasteiger partial charge < -0.3 is 9.47 Å². The van der Waals surface area contributed by atoms with Crippen LogP contribution in [0.5, 0.6) is 0 Å². The summed E-state index contributed by atoms with van der Waals surface area (Å²) < 4.78 is 5.73. The smallest absolute Gasteiger partial charge is 0.312 e. The Hall–Kier alpha value is -3.13. The highest BCUT2D eigenvalue weighted by Crippen LogP contribution is 2.31. The molecule has 0 N–H and O–H groups in total. The van der Waals surface area contributed by atoms with Crippen LogP contribution in [0.4, 0.5) is 11.6 Å². The van der Waals surface area contributed by atoms with Crippen LogP contribution in [0.3, 0.4) is 0 Å². The highest BCUT2D eigenvalue weighted by molar-refractivity contribution is 9.10. The van der Waals surface area contributed by atoms with E-state index in [-0.39, 0.29) is 17.8 Å². The van der Waals surface area contributed by atoms with Gasteiger partial charge in [0.25, 0.3) is 5.56 Å². The molecule has 4 aromatic rings. The number of hydrogen-bond donors (Lipinski definition) is 0. The molecule has 0 fully saturated rings. The summed E-state index contributed by atoms with van der Waals surface area (Å²) in [7, 11) is 1.68. The van der Waals surface area contributed by atoms with Crippen molar-refractivity contribution in [3.63, 3.8) is 0 Å². The summed E-state index contributed by atoms with van der Waals surface area (Å²) in [5.41, 5.74) is 2.16. The van der Waals surface area contributed by atoms with Crippen molar-refractivity contribution in [2.24, 2.45) is 7.05 Å². The van der Waals surface area contributed by atoms with Crippen molar-refractivity contribution >= 4 is 38.7 Å². The number of benzene rings is 2. The summed E-state index contributed by atoms with van der Waals surface area (Å²) in [4.78, 5) is 33.2. The molecule has 2 aromatic heterocycles. The van der Waals surface area contributed by atoms with Gasteiger partial charge in [0.05, 0.1) is 6.54 Å². The second-order valence-electron chi connectivity index (χ2n) is 7.44. The lowest BCUT2D eigenvalue weighted by atomic mass is 10.2. The largest absolute Gasteiger partial charge is 0.332 e. The van der Waals surface area contributed by atoms with E-state index in [4.69, 9.17) is 4.98 Å². The van der Waals surface area contributed by atoms with Crippen molar-refractivity contribution in [1.82, 2.24) is 18.7 Å². The number of hydrogen-bond acceptors (Lipinski definition) is 4. The summed E-state index contributed by atoms with van der Waals surface area (Å²) in [6, 6.07) is 17.6. The molecule has 0 spiro atoms. The van der Waals surface area contributed by atoms with Gasteiger partial charge in [0.2, 0.25) is 5.95 Å². The predicted molar refractivity (Wildman–Crippen MR) is 121 cm³/mol. The van der Waals surface area contributed by atoms with Gasteiger partial charge in [0, 0.05) is 30.3 Å². The average Bonchev–Trinajstić information content (AvgIpc) is 3.17. The molecule has 0 atom stereocenters. The van der Waals surface area contributed by atoms with E-state index in [0.717, 1.165) is 28.7 Å². The molecule has 3 heterocycles. The maximum absolute atomic E-state index is 13.4. The molecule has 0 saturated carbocycles. The monoisotopic (exact) mass is 465 g/mol. The lowest BCUT2D eigenvalue weighted by molar-refractivity contribution is 0.597. The molecular formula is C22H20BrN5O2. The zero-order valence-electron chi connectivity index (χ0n) is 16.5. The van der Waals surface area contributed by atoms with Crippen molar-refractivity contribution < 1.29 is 0 Å². The van der Waals surface area contributed by atoms with E-state index < -0.39 is 0 Å². The SMILES string of the molecule is Cn1c(=O)n(Cc2ccccc2)c(=O)c2c1nc1n2CCCN1c1ccc(Br)cc1. The Morgan fingerprint density at radius 1 is 1.00 bits per heavy atom. The van der Waals surface area contributed by atoms with E-state index in [9.17, 15) is 9.59 Å². The molecule has 1 aliphatic rings. The van der Waals surface area contributed by atoms with E-state index >= 15 is 0 Å². The Bertz CT molecular complexity index is 1350. The van der Waals surface area contributed by atoms with Crippen LogP contribution in [-0.4, -0.2) is 25.2 Å². The minimum absolute atomic E-state index is 0.235. The average molecular weight is 466 g/mol. The van der Waals surface area contributed by atoms with Gasteiger partial charge in [-0.15, -0.1) is 0 Å². The first-order chi connectivity index (χ1) is 14.5. The van der Waals surface area contributed by atoms with Crippen LogP contribution in [0.2, 0.25) is 0 Å². The molecule has 0 aliphatic carbocycles. The molecule has 2 aromatic carbocycles. The van der Waals surface area contributed by atoms with Gasteiger partial charge in [-0.2, -0.15) is 4.98 Å². The third-order valence-electron chi connectivity index (χ3n) is 5.54. The first-order valence-corrected chi connectivity index (χ1v) is 10.6. The molecule has 0 radical (unpaired) electrons. The zero-order chi connectivity index (χ0) is 20.8. The third kappa shape index (κ3) is 2.99. The lowest BCUT2D eigenvalue weighted by Gasteiger charge is -2.29. The fourth-order valence-electron chi connectivity index (χ4n) is 4.04. The number of aromatic nitrogens is 4. The van der Waals surface area contributed by atoms with Gasteiger partial charge in [-0.1, -0.05) is 46.3 Å². The summed E-state index contributed by atoms with van der Waals surface area (Å²) in [6.07, 6.45) is 0.884. The Kier molecular flexibility index (Phi) is 4.58. The van der Waals surface area contributed by atoms with Crippen LogP contribution < -0.4 is 16.1 Å². The normalized spacial score (nSPS) is 13.6. The number of nitrogens with zero attached hydrogens (tertiary/aromatic N) is 5. The topological polar surface area (TPSA) is 65.1 Å². The minimum Gasteiger partial charge on any atom is -0.312 e. The summed E-state index contributed by atoms with van der Waals surface area (Å²) in [5, 5.41) is 0. The van der Waals surface area contributed by atoms with Crippen LogP contribution in [-0.2, 0) is 20.1 Å². The Balaban J connectivity index is 1.71. The van der Waals surface area contributed by atoms with Crippen LogP contribution in [0.15, 0.2) is 68.7 Å². The van der Waals surface area contributed by atoms with Crippen molar-refractivity contribution in [3.8, 4) is 0 Å². The number of aryl methyl sites for hydroxylation is 2. The van der Waals surface area contributed by atoms with Crippen molar-refractivity contribution in [2.75, 3.05) is 11.4 Å². The van der Waals surface area contributed by atoms with Crippen molar-refractivity contribution in [3.05, 3.63) is 85.5 Å². The molecule has 0 saturated heterocycles. The van der Waals surface area contributed by atoms with Gasteiger partial charge in [0.15, 0.2) is 11.2 Å². The Morgan fingerprint density at radius 3 is 2.47 bits per heavy atom. The third-order valence-corrected chi connectivity index (χ3v) is 6.07. The molecule has 0 amide bonds. The van der Waals surface area contributed by atoms with E-state index in [0.29, 0.717) is 23.7 Å². The molecule has 8 heteroatoms. The summed E-state index contributed by atoms with van der Waals surface area (Å²) in [5.74, 6) is 0.697. The lowest BCUT2D eigenvalue weighted by Crippen LogP contribution is -2.40. The summed E-state index contributed by atoms with van der Waals surface area (Å²) >= 11 is 3.47. The predicted octanol–water partition coefficient (Wildman–Crippen LogP) is 3.25. The van der Waals surface area contributed by atoms with Gasteiger partial charge >= 0.3 is 5.69 Å². The molecule has 0 bridgehead atoms. The minimum atomic E-state index is -0.359. The van der Waals surface area contributed by atoms with Gasteiger partial charge in [-0.25, -0.2) is 4.79 Å². The van der Waals surface area contributed by atoms with E-state index in [1.165, 1.54) is 9.13 Å². The molecule has 1 aliphatic heterocycles. The Morgan fingerprint density at radius 2 is 1.73 bits per heavy atom. The van der Waals surface area contributed by atoms with E-state index in [1.807, 2.05) is 59.2 Å². The molecular weight excluding hydrogens is 446 g/mol. The van der Waals surface area contributed by atoms with Crippen LogP contribution >= 0.6 is 15.9 Å². The molecule has 7 nitrogen and oxygen atoms in total. The molecule has 152 valence electrons. The van der Waals surface area contributed by atoms with Crippen LogP contribution in [0.25, 0.3) is 11.2 Å². The fourth-order valence-corrected chi connectivity index (χ4v) is 4.30. The van der Waals surface area contributed by atoms with Crippen molar-refractivity contribution in [1.29, 1.82) is 0 Å². The number of halogens is 1. The van der Waals surface area contributed by atoms with Crippen LogP contribution in [0, 0.1) is 0 Å². The maximum Gasteiger partial charge on any atom is 0.332 e. The Labute approximate surface area is 180 Å². The summed E-state index contributed by atoms with van der Waals surface area (Å²) in [6.45, 7) is 1.73. The van der Waals surface area contributed by atoms with Crippen LogP contribution in [0.1, 0.15) is 12.0 Å². The van der Waals surface area contributed by atoms with Gasteiger partial charge in [-0.3, -0.25) is 13.9 Å². The zero-order valence-corrected chi connectivity index (χ0v) is 18.0. The highest BCUT2D eigenvalue weighted by atomic mass is 79.9. The molecule has 5 rings (SSSR count). The second-order valence-corrected chi connectivity index (χ2v) is 8.35. The fraction of sp³-hybridized carbons (Fsp3) is 0.227. The second kappa shape index (κ2) is 7.28. The van der Waals surface area contributed by atoms with E-state index in [2.05, 4.69) is 20.8 Å². The first kappa shape index (κ1) is 18.9. The standard InChI is InChI=1S/C22H20BrN5O2/c1-25-19-18(20(29)28(22(25)30)14-15-6-3-2-4-7-15)27-13-5-12-26(21(27)24-19)17-10-8-16(23)9-11-17/h2-4,6-11H,5,12-14H2,1H3. The number of imidazole rings is 1. The maximum atomic E-state index is 13.4. The van der Waals surface area contributed by atoms with Gasteiger partial charge in [0.1, 0.15) is 0 Å². The van der Waals surface area contributed by atoms with Crippen molar-refractivity contribution in [2.45, 2.75) is 19.5 Å². The van der Waals surface area contributed by atoms with E-state index in [1.54, 1.807) is 7.05 Å².